The molecule has 0 bridgehead atoms. The third-order valence-electron chi connectivity index (χ3n) is 2.70. The van der Waals surface area contributed by atoms with Gasteiger partial charge in [0, 0.05) is 11.8 Å². The maximum Gasteiger partial charge on any atom is 0.132 e. The lowest BCUT2D eigenvalue weighted by atomic mass is 10.2. The van der Waals surface area contributed by atoms with Crippen LogP contribution in [0.4, 0.5) is 14.5 Å². The van der Waals surface area contributed by atoms with Gasteiger partial charge in [-0.2, -0.15) is 0 Å². The molecule has 0 atom stereocenters. The smallest absolute Gasteiger partial charge is 0.132 e. The Hall–Kier alpha value is -2.10. The highest BCUT2D eigenvalue weighted by molar-refractivity contribution is 5.50. The van der Waals surface area contributed by atoms with Crippen LogP contribution in [0.15, 0.2) is 36.4 Å². The summed E-state index contributed by atoms with van der Waals surface area (Å²) < 4.78 is 32.0. The summed E-state index contributed by atoms with van der Waals surface area (Å²) in [7, 11) is 0. The number of anilines is 1. The first-order valence-electron chi connectivity index (χ1n) is 5.50. The van der Waals surface area contributed by atoms with Crippen molar-refractivity contribution in [1.82, 2.24) is 0 Å². The molecule has 18 heavy (non-hydrogen) atoms. The molecule has 2 aromatic rings. The fourth-order valence-electron chi connectivity index (χ4n) is 1.53. The minimum Gasteiger partial charge on any atom is -0.489 e. The van der Waals surface area contributed by atoms with Crippen LogP contribution in [0.3, 0.4) is 0 Å². The second-order valence-corrected chi connectivity index (χ2v) is 4.01. The average molecular weight is 249 g/mol. The first-order valence-corrected chi connectivity index (χ1v) is 5.50. The minimum atomic E-state index is -0.616. The van der Waals surface area contributed by atoms with Gasteiger partial charge in [0.1, 0.15) is 24.0 Å². The van der Waals surface area contributed by atoms with Gasteiger partial charge in [0.05, 0.1) is 5.56 Å². The molecule has 0 fully saturated rings. The minimum absolute atomic E-state index is 0.0864. The van der Waals surface area contributed by atoms with Gasteiger partial charge in [-0.25, -0.2) is 8.78 Å². The Morgan fingerprint density at radius 3 is 2.39 bits per heavy atom. The molecular weight excluding hydrogens is 236 g/mol. The SMILES string of the molecule is Cc1ccc(OCc2c(F)cccc2F)cc1N. The lowest BCUT2D eigenvalue weighted by Crippen LogP contribution is -2.02. The van der Waals surface area contributed by atoms with Gasteiger partial charge in [-0.15, -0.1) is 0 Å². The molecule has 0 aliphatic carbocycles. The summed E-state index contributed by atoms with van der Waals surface area (Å²) in [6.07, 6.45) is 0. The van der Waals surface area contributed by atoms with Crippen molar-refractivity contribution in [3.05, 3.63) is 59.2 Å². The Bertz CT molecular complexity index is 549. The lowest BCUT2D eigenvalue weighted by molar-refractivity contribution is 0.292. The Labute approximate surface area is 104 Å². The van der Waals surface area contributed by atoms with Crippen LogP contribution in [0.5, 0.6) is 5.75 Å². The van der Waals surface area contributed by atoms with Gasteiger partial charge in [-0.3, -0.25) is 0 Å². The highest BCUT2D eigenvalue weighted by atomic mass is 19.1. The second kappa shape index (κ2) is 5.04. The van der Waals surface area contributed by atoms with E-state index in [1.165, 1.54) is 18.2 Å². The molecule has 2 nitrogen and oxygen atoms in total. The van der Waals surface area contributed by atoms with Crippen LogP contribution in [0.1, 0.15) is 11.1 Å². The fourth-order valence-corrected chi connectivity index (χ4v) is 1.53. The summed E-state index contributed by atoms with van der Waals surface area (Å²) in [5.74, 6) is -0.745. The van der Waals surface area contributed by atoms with Crippen molar-refractivity contribution >= 4 is 5.69 Å². The van der Waals surface area contributed by atoms with Crippen molar-refractivity contribution in [2.75, 3.05) is 5.73 Å². The van der Waals surface area contributed by atoms with E-state index in [1.807, 2.05) is 6.92 Å². The van der Waals surface area contributed by atoms with Crippen LogP contribution in [0, 0.1) is 18.6 Å². The molecule has 0 aromatic heterocycles. The predicted molar refractivity (Wildman–Crippen MR) is 66.3 cm³/mol. The van der Waals surface area contributed by atoms with Crippen molar-refractivity contribution < 1.29 is 13.5 Å². The summed E-state index contributed by atoms with van der Waals surface area (Å²) in [6, 6.07) is 8.86. The zero-order valence-corrected chi connectivity index (χ0v) is 9.91. The van der Waals surface area contributed by atoms with Crippen molar-refractivity contribution in [2.24, 2.45) is 0 Å². The number of aryl methyl sites for hydroxylation is 1. The van der Waals surface area contributed by atoms with E-state index in [0.717, 1.165) is 5.56 Å². The quantitative estimate of drug-likeness (QED) is 0.846. The molecular formula is C14H13F2NO. The normalized spacial score (nSPS) is 10.4. The summed E-state index contributed by atoms with van der Waals surface area (Å²) in [6.45, 7) is 1.71. The van der Waals surface area contributed by atoms with Gasteiger partial charge < -0.3 is 10.5 Å². The Kier molecular flexibility index (Phi) is 3.46. The first kappa shape index (κ1) is 12.4. The Morgan fingerprint density at radius 2 is 1.78 bits per heavy atom. The summed E-state index contributed by atoms with van der Waals surface area (Å²) >= 11 is 0. The number of hydrogen-bond acceptors (Lipinski definition) is 2. The van der Waals surface area contributed by atoms with E-state index in [-0.39, 0.29) is 12.2 Å². The van der Waals surface area contributed by atoms with Crippen molar-refractivity contribution in [1.29, 1.82) is 0 Å². The maximum atomic E-state index is 13.4. The van der Waals surface area contributed by atoms with Gasteiger partial charge in [0.25, 0.3) is 0 Å². The number of benzene rings is 2. The molecule has 0 saturated carbocycles. The van der Waals surface area contributed by atoms with Gasteiger partial charge in [0.2, 0.25) is 0 Å². The molecule has 94 valence electrons. The molecule has 4 heteroatoms. The standard InChI is InChI=1S/C14H13F2NO/c1-9-5-6-10(7-14(9)17)18-8-11-12(15)3-2-4-13(11)16/h2-7H,8,17H2,1H3. The van der Waals surface area contributed by atoms with Gasteiger partial charge >= 0.3 is 0 Å². The van der Waals surface area contributed by atoms with Gasteiger partial charge in [0.15, 0.2) is 0 Å². The van der Waals surface area contributed by atoms with Crippen LogP contribution in [-0.4, -0.2) is 0 Å². The predicted octanol–water partition coefficient (Wildman–Crippen LogP) is 3.43. The van der Waals surface area contributed by atoms with Crippen LogP contribution in [0.25, 0.3) is 0 Å². The number of nitrogens with two attached hydrogens (primary N) is 1. The third kappa shape index (κ3) is 2.59. The summed E-state index contributed by atoms with van der Waals surface area (Å²) in [5.41, 5.74) is 7.15. The van der Waals surface area contributed by atoms with E-state index in [0.29, 0.717) is 11.4 Å². The van der Waals surface area contributed by atoms with E-state index in [4.69, 9.17) is 10.5 Å². The highest BCUT2D eigenvalue weighted by Gasteiger charge is 2.09. The molecule has 2 N–H and O–H groups in total. The van der Waals surface area contributed by atoms with Gasteiger partial charge in [-0.05, 0) is 30.7 Å². The molecule has 0 radical (unpaired) electrons. The maximum absolute atomic E-state index is 13.4. The van der Waals surface area contributed by atoms with Crippen LogP contribution < -0.4 is 10.5 Å². The highest BCUT2D eigenvalue weighted by Crippen LogP contribution is 2.21. The van der Waals surface area contributed by atoms with E-state index < -0.39 is 11.6 Å². The van der Waals surface area contributed by atoms with E-state index >= 15 is 0 Å². The molecule has 0 aliphatic heterocycles. The van der Waals surface area contributed by atoms with Crippen LogP contribution in [-0.2, 0) is 6.61 Å². The van der Waals surface area contributed by atoms with E-state index in [2.05, 4.69) is 0 Å². The molecule has 0 saturated heterocycles. The average Bonchev–Trinajstić information content (AvgIpc) is 2.33. The molecule has 2 rings (SSSR count). The summed E-state index contributed by atoms with van der Waals surface area (Å²) in [5, 5.41) is 0. The zero-order chi connectivity index (χ0) is 13.1. The number of nitrogen functional groups attached to an aromatic ring is 1. The first-order chi connectivity index (χ1) is 8.58. The Morgan fingerprint density at radius 1 is 1.11 bits per heavy atom. The van der Waals surface area contributed by atoms with Crippen molar-refractivity contribution in [3.8, 4) is 5.75 Å². The van der Waals surface area contributed by atoms with Gasteiger partial charge in [-0.1, -0.05) is 12.1 Å². The molecule has 2 aromatic carbocycles. The molecule has 0 amide bonds. The molecule has 0 unspecified atom stereocenters. The van der Waals surface area contributed by atoms with Crippen molar-refractivity contribution in [2.45, 2.75) is 13.5 Å². The zero-order valence-electron chi connectivity index (χ0n) is 9.91. The fraction of sp³-hybridized carbons (Fsp3) is 0.143. The summed E-state index contributed by atoms with van der Waals surface area (Å²) in [4.78, 5) is 0. The van der Waals surface area contributed by atoms with E-state index in [9.17, 15) is 8.78 Å². The molecule has 0 aliphatic rings. The number of halogens is 2. The molecule has 0 heterocycles. The lowest BCUT2D eigenvalue weighted by Gasteiger charge is -2.09. The van der Waals surface area contributed by atoms with Crippen molar-refractivity contribution in [3.63, 3.8) is 0 Å². The molecule has 0 spiro atoms. The number of ether oxygens (including phenoxy) is 1. The second-order valence-electron chi connectivity index (χ2n) is 4.01. The van der Waals surface area contributed by atoms with Crippen LogP contribution >= 0.6 is 0 Å². The number of hydrogen-bond donors (Lipinski definition) is 1. The third-order valence-corrected chi connectivity index (χ3v) is 2.70. The monoisotopic (exact) mass is 249 g/mol. The number of rotatable bonds is 3. The van der Waals surface area contributed by atoms with E-state index in [1.54, 1.807) is 18.2 Å². The largest absolute Gasteiger partial charge is 0.489 e. The Balaban J connectivity index is 2.14. The topological polar surface area (TPSA) is 35.2 Å². The van der Waals surface area contributed by atoms with Crippen LogP contribution in [0.2, 0.25) is 0 Å².